The Morgan fingerprint density at radius 1 is 1.43 bits per heavy atom. The van der Waals surface area contributed by atoms with Gasteiger partial charge >= 0.3 is 6.09 Å². The van der Waals surface area contributed by atoms with Crippen LogP contribution in [0.3, 0.4) is 0 Å². The molecule has 3 unspecified atom stereocenters. The Morgan fingerprint density at radius 2 is 2.19 bits per heavy atom. The molecule has 1 aliphatic carbocycles. The van der Waals surface area contributed by atoms with Gasteiger partial charge in [0.2, 0.25) is 0 Å². The Labute approximate surface area is 125 Å². The molecule has 3 rings (SSSR count). The second-order valence-electron chi connectivity index (χ2n) is 7.22. The number of nitrogens with zero attached hydrogens (tertiary/aromatic N) is 2. The summed E-state index contributed by atoms with van der Waals surface area (Å²) in [6.45, 7) is 7.03. The molecular formula is C17H22N2O2. The number of pyridine rings is 1. The Hall–Kier alpha value is -1.84. The van der Waals surface area contributed by atoms with Crippen molar-refractivity contribution in [2.24, 2.45) is 17.3 Å². The summed E-state index contributed by atoms with van der Waals surface area (Å²) in [6.07, 6.45) is 6.13. The van der Waals surface area contributed by atoms with Gasteiger partial charge in [-0.1, -0.05) is 32.9 Å². The van der Waals surface area contributed by atoms with E-state index < -0.39 is 6.09 Å². The van der Waals surface area contributed by atoms with Crippen LogP contribution >= 0.6 is 0 Å². The van der Waals surface area contributed by atoms with Gasteiger partial charge in [-0.15, -0.1) is 0 Å². The molecule has 3 atom stereocenters. The Kier molecular flexibility index (Phi) is 3.27. The van der Waals surface area contributed by atoms with Gasteiger partial charge in [-0.2, -0.15) is 0 Å². The Balaban J connectivity index is 1.93. The average Bonchev–Trinajstić information content (AvgIpc) is 2.95. The summed E-state index contributed by atoms with van der Waals surface area (Å²) < 4.78 is 0. The van der Waals surface area contributed by atoms with Gasteiger partial charge < -0.3 is 10.0 Å². The van der Waals surface area contributed by atoms with Crippen molar-refractivity contribution in [3.05, 3.63) is 36.2 Å². The Bertz CT molecular complexity index is 574. The molecule has 0 aromatic carbocycles. The zero-order valence-corrected chi connectivity index (χ0v) is 12.8. The summed E-state index contributed by atoms with van der Waals surface area (Å²) >= 11 is 0. The van der Waals surface area contributed by atoms with Crippen molar-refractivity contribution in [2.45, 2.75) is 33.2 Å². The van der Waals surface area contributed by atoms with Crippen molar-refractivity contribution >= 4 is 11.7 Å². The third kappa shape index (κ3) is 2.43. The highest BCUT2D eigenvalue weighted by Gasteiger charge is 2.50. The minimum atomic E-state index is -0.791. The van der Waals surface area contributed by atoms with Crippen LogP contribution in [0.4, 0.5) is 4.79 Å². The van der Waals surface area contributed by atoms with Crippen molar-refractivity contribution in [2.75, 3.05) is 6.54 Å². The smallest absolute Gasteiger partial charge is 0.407 e. The van der Waals surface area contributed by atoms with Crippen molar-refractivity contribution in [1.29, 1.82) is 0 Å². The fourth-order valence-corrected chi connectivity index (χ4v) is 3.97. The second-order valence-corrected chi connectivity index (χ2v) is 7.22. The number of amides is 1. The number of carboxylic acid groups (broad SMARTS) is 1. The third-order valence-electron chi connectivity index (χ3n) is 4.72. The molecule has 2 aliphatic rings. The number of allylic oxidation sites excluding steroid dienone is 1. The first-order valence-electron chi connectivity index (χ1n) is 7.48. The predicted octanol–water partition coefficient (Wildman–Crippen LogP) is 3.51. The van der Waals surface area contributed by atoms with Crippen LogP contribution in [-0.4, -0.2) is 33.7 Å². The van der Waals surface area contributed by atoms with E-state index in [1.54, 1.807) is 11.1 Å². The first-order valence-corrected chi connectivity index (χ1v) is 7.48. The van der Waals surface area contributed by atoms with E-state index >= 15 is 0 Å². The van der Waals surface area contributed by atoms with Crippen molar-refractivity contribution < 1.29 is 9.90 Å². The highest BCUT2D eigenvalue weighted by atomic mass is 16.4. The zero-order valence-electron chi connectivity index (χ0n) is 12.8. The fraction of sp³-hybridized carbons (Fsp3) is 0.529. The summed E-state index contributed by atoms with van der Waals surface area (Å²) in [5, 5.41) is 9.48. The monoisotopic (exact) mass is 286 g/mol. The first-order chi connectivity index (χ1) is 9.88. The van der Waals surface area contributed by atoms with Crippen molar-refractivity contribution in [1.82, 2.24) is 9.88 Å². The van der Waals surface area contributed by atoms with Gasteiger partial charge in [0, 0.05) is 30.9 Å². The van der Waals surface area contributed by atoms with Crippen LogP contribution in [-0.2, 0) is 0 Å². The molecule has 0 bridgehead atoms. The number of likely N-dealkylation sites (tertiary alicyclic amines) is 1. The van der Waals surface area contributed by atoms with Gasteiger partial charge in [-0.25, -0.2) is 4.79 Å². The number of aromatic nitrogens is 1. The van der Waals surface area contributed by atoms with E-state index in [1.807, 2.05) is 12.3 Å². The average molecular weight is 286 g/mol. The molecule has 1 amide bonds. The van der Waals surface area contributed by atoms with Crippen LogP contribution in [0.5, 0.6) is 0 Å². The number of hydrogen-bond donors (Lipinski definition) is 1. The molecular weight excluding hydrogens is 264 g/mol. The summed E-state index contributed by atoms with van der Waals surface area (Å²) in [4.78, 5) is 17.4. The van der Waals surface area contributed by atoms with E-state index in [1.165, 1.54) is 11.1 Å². The maximum Gasteiger partial charge on any atom is 0.407 e. The molecule has 1 aliphatic heterocycles. The zero-order chi connectivity index (χ0) is 15.2. The molecule has 4 nitrogen and oxygen atoms in total. The molecule has 0 saturated carbocycles. The number of rotatable bonds is 1. The van der Waals surface area contributed by atoms with E-state index in [0.717, 1.165) is 6.42 Å². The minimum absolute atomic E-state index is 0.0502. The SMILES string of the molecule is CC(C)(C)C1C2C=C(c3cccnc3)CC2CN1C(=O)O. The van der Waals surface area contributed by atoms with Crippen LogP contribution in [0.25, 0.3) is 5.57 Å². The van der Waals surface area contributed by atoms with Gasteiger partial charge in [0.15, 0.2) is 0 Å². The molecule has 1 saturated heterocycles. The van der Waals surface area contributed by atoms with Gasteiger partial charge in [-0.3, -0.25) is 4.98 Å². The van der Waals surface area contributed by atoms with E-state index in [9.17, 15) is 9.90 Å². The van der Waals surface area contributed by atoms with Gasteiger partial charge in [0.05, 0.1) is 0 Å². The van der Waals surface area contributed by atoms with Crippen LogP contribution in [0.1, 0.15) is 32.8 Å². The number of hydrogen-bond acceptors (Lipinski definition) is 2. The van der Waals surface area contributed by atoms with Crippen LogP contribution in [0, 0.1) is 17.3 Å². The maximum absolute atomic E-state index is 11.5. The van der Waals surface area contributed by atoms with Crippen LogP contribution in [0.2, 0.25) is 0 Å². The molecule has 1 aromatic rings. The number of carbonyl (C=O) groups is 1. The van der Waals surface area contributed by atoms with E-state index in [-0.39, 0.29) is 11.5 Å². The van der Waals surface area contributed by atoms with E-state index in [2.05, 4.69) is 37.9 Å². The normalized spacial score (nSPS) is 28.4. The lowest BCUT2D eigenvalue weighted by molar-refractivity contribution is 0.0978. The van der Waals surface area contributed by atoms with Crippen LogP contribution in [0.15, 0.2) is 30.6 Å². The molecule has 0 spiro atoms. The highest BCUT2D eigenvalue weighted by Crippen LogP contribution is 2.48. The lowest BCUT2D eigenvalue weighted by atomic mass is 9.78. The fourth-order valence-electron chi connectivity index (χ4n) is 3.97. The Morgan fingerprint density at radius 3 is 2.76 bits per heavy atom. The largest absolute Gasteiger partial charge is 0.465 e. The van der Waals surface area contributed by atoms with Crippen molar-refractivity contribution in [3.8, 4) is 0 Å². The maximum atomic E-state index is 11.5. The van der Waals surface area contributed by atoms with Crippen LogP contribution < -0.4 is 0 Å². The molecule has 1 aromatic heterocycles. The minimum Gasteiger partial charge on any atom is -0.465 e. The molecule has 2 heterocycles. The van der Waals surface area contributed by atoms with Gasteiger partial charge in [-0.05, 0) is 35.0 Å². The predicted molar refractivity (Wildman–Crippen MR) is 81.8 cm³/mol. The molecule has 1 N–H and O–H groups in total. The quantitative estimate of drug-likeness (QED) is 0.859. The standard InChI is InChI=1S/C17H22N2O2/c1-17(2,3)15-14-8-12(11-5-4-6-18-9-11)7-13(14)10-19(15)16(20)21/h4-6,8-9,13-15H,7,10H2,1-3H3,(H,20,21). The lowest BCUT2D eigenvalue weighted by Crippen LogP contribution is -2.45. The van der Waals surface area contributed by atoms with Gasteiger partial charge in [0.25, 0.3) is 0 Å². The lowest BCUT2D eigenvalue weighted by Gasteiger charge is -2.36. The first kappa shape index (κ1) is 14.1. The van der Waals surface area contributed by atoms with Crippen molar-refractivity contribution in [3.63, 3.8) is 0 Å². The molecule has 4 heteroatoms. The third-order valence-corrected chi connectivity index (χ3v) is 4.72. The number of fused-ring (bicyclic) bond motifs is 1. The molecule has 21 heavy (non-hydrogen) atoms. The van der Waals surface area contributed by atoms with E-state index in [4.69, 9.17) is 0 Å². The summed E-state index contributed by atoms with van der Waals surface area (Å²) in [7, 11) is 0. The van der Waals surface area contributed by atoms with Gasteiger partial charge in [0.1, 0.15) is 0 Å². The molecule has 1 fully saturated rings. The summed E-state index contributed by atoms with van der Waals surface area (Å²) in [5.41, 5.74) is 2.43. The molecule has 0 radical (unpaired) electrons. The highest BCUT2D eigenvalue weighted by molar-refractivity contribution is 5.71. The topological polar surface area (TPSA) is 53.4 Å². The summed E-state index contributed by atoms with van der Waals surface area (Å²) in [6, 6.07) is 4.09. The second kappa shape index (κ2) is 4.86. The summed E-state index contributed by atoms with van der Waals surface area (Å²) in [5.74, 6) is 0.719. The van der Waals surface area contributed by atoms with E-state index in [0.29, 0.717) is 18.4 Å². The molecule has 112 valence electrons.